The predicted molar refractivity (Wildman–Crippen MR) is 49.4 cm³/mol. The molecule has 0 aliphatic heterocycles. The van der Waals surface area contributed by atoms with Crippen LogP contribution in [0.3, 0.4) is 0 Å². The van der Waals surface area contributed by atoms with Crippen LogP contribution in [0.15, 0.2) is 0 Å². The zero-order valence-corrected chi connectivity index (χ0v) is 7.69. The molecule has 0 saturated heterocycles. The van der Waals surface area contributed by atoms with Crippen molar-refractivity contribution in [2.24, 2.45) is 16.9 Å². The molecule has 0 radical (unpaired) electrons. The van der Waals surface area contributed by atoms with Crippen molar-refractivity contribution >= 4 is 0 Å². The smallest absolute Gasteiger partial charge is 0.00725 e. The topological polar surface area (TPSA) is 64.1 Å². The van der Waals surface area contributed by atoms with E-state index in [4.69, 9.17) is 11.5 Å². The Morgan fingerprint density at radius 2 is 1.82 bits per heavy atom. The van der Waals surface area contributed by atoms with Gasteiger partial charge in [0.1, 0.15) is 0 Å². The first-order chi connectivity index (χ1) is 5.24. The van der Waals surface area contributed by atoms with Gasteiger partial charge in [-0.15, -0.1) is 0 Å². The zero-order valence-electron chi connectivity index (χ0n) is 7.69. The van der Waals surface area contributed by atoms with Gasteiger partial charge in [-0.1, -0.05) is 13.3 Å². The van der Waals surface area contributed by atoms with Crippen LogP contribution in [-0.2, 0) is 0 Å². The largest absolute Gasteiger partial charge is 0.330 e. The average Bonchev–Trinajstić information content (AvgIpc) is 2.04. The van der Waals surface area contributed by atoms with E-state index in [1.165, 1.54) is 0 Å². The average molecular weight is 159 g/mol. The molecule has 0 aromatic carbocycles. The third-order valence-electron chi connectivity index (χ3n) is 2.20. The molecule has 0 saturated carbocycles. The fourth-order valence-corrected chi connectivity index (χ4v) is 1.43. The molecular formula is C8H21N3. The summed E-state index contributed by atoms with van der Waals surface area (Å²) in [4.78, 5) is 0. The van der Waals surface area contributed by atoms with Crippen molar-refractivity contribution < 1.29 is 0 Å². The lowest BCUT2D eigenvalue weighted by Gasteiger charge is -2.30. The summed E-state index contributed by atoms with van der Waals surface area (Å²) >= 11 is 0. The Kier molecular flexibility index (Phi) is 5.46. The second kappa shape index (κ2) is 5.52. The Bertz CT molecular complexity index is 81.3. The van der Waals surface area contributed by atoms with Crippen LogP contribution in [0.25, 0.3) is 0 Å². The minimum Gasteiger partial charge on any atom is -0.330 e. The summed E-state index contributed by atoms with van der Waals surface area (Å²) in [6.07, 6.45) is 2.26. The highest BCUT2D eigenvalue weighted by Crippen LogP contribution is 2.19. The summed E-state index contributed by atoms with van der Waals surface area (Å²) in [5.41, 5.74) is 11.5. The van der Waals surface area contributed by atoms with Crippen molar-refractivity contribution in [2.75, 3.05) is 26.7 Å². The third kappa shape index (κ3) is 3.18. The van der Waals surface area contributed by atoms with E-state index >= 15 is 0 Å². The van der Waals surface area contributed by atoms with Crippen LogP contribution < -0.4 is 16.8 Å². The van der Waals surface area contributed by atoms with E-state index in [1.807, 2.05) is 7.05 Å². The number of rotatable bonds is 6. The van der Waals surface area contributed by atoms with Crippen molar-refractivity contribution in [1.29, 1.82) is 0 Å². The Morgan fingerprint density at radius 3 is 2.09 bits per heavy atom. The maximum atomic E-state index is 5.67. The first-order valence-electron chi connectivity index (χ1n) is 4.29. The lowest BCUT2D eigenvalue weighted by Crippen LogP contribution is -2.45. The molecule has 0 heterocycles. The minimum absolute atomic E-state index is 0.128. The normalized spacial score (nSPS) is 12.0. The second-order valence-corrected chi connectivity index (χ2v) is 3.19. The molecule has 0 aliphatic rings. The Balaban J connectivity index is 3.96. The molecule has 0 aromatic rings. The highest BCUT2D eigenvalue weighted by Gasteiger charge is 2.24. The van der Waals surface area contributed by atoms with Gasteiger partial charge in [0.25, 0.3) is 0 Å². The second-order valence-electron chi connectivity index (χ2n) is 3.19. The van der Waals surface area contributed by atoms with Crippen LogP contribution in [0, 0.1) is 5.41 Å². The predicted octanol–water partition coefficient (Wildman–Crippen LogP) is -0.0903. The summed E-state index contributed by atoms with van der Waals surface area (Å²) in [7, 11) is 1.94. The quantitative estimate of drug-likeness (QED) is 0.507. The fourth-order valence-electron chi connectivity index (χ4n) is 1.43. The molecule has 0 rings (SSSR count). The van der Waals surface area contributed by atoms with Crippen molar-refractivity contribution in [3.63, 3.8) is 0 Å². The first-order valence-corrected chi connectivity index (χ1v) is 4.29. The molecule has 0 atom stereocenters. The fraction of sp³-hybridized carbons (Fsp3) is 1.00. The number of hydrogen-bond donors (Lipinski definition) is 3. The van der Waals surface area contributed by atoms with E-state index in [1.54, 1.807) is 0 Å². The van der Waals surface area contributed by atoms with E-state index in [-0.39, 0.29) is 5.41 Å². The summed E-state index contributed by atoms with van der Waals surface area (Å²) < 4.78 is 0. The van der Waals surface area contributed by atoms with Gasteiger partial charge in [-0.05, 0) is 13.5 Å². The highest BCUT2D eigenvalue weighted by molar-refractivity contribution is 4.82. The van der Waals surface area contributed by atoms with Gasteiger partial charge in [-0.2, -0.15) is 0 Å². The molecule has 0 aromatic heterocycles. The van der Waals surface area contributed by atoms with E-state index in [9.17, 15) is 0 Å². The lowest BCUT2D eigenvalue weighted by molar-refractivity contribution is 0.273. The molecule has 0 spiro atoms. The Labute approximate surface area is 69.5 Å². The van der Waals surface area contributed by atoms with Gasteiger partial charge in [0.05, 0.1) is 0 Å². The zero-order chi connectivity index (χ0) is 8.74. The van der Waals surface area contributed by atoms with Crippen LogP contribution >= 0.6 is 0 Å². The van der Waals surface area contributed by atoms with Crippen molar-refractivity contribution in [3.05, 3.63) is 0 Å². The van der Waals surface area contributed by atoms with E-state index in [0.717, 1.165) is 19.4 Å². The van der Waals surface area contributed by atoms with Crippen molar-refractivity contribution in [2.45, 2.75) is 19.8 Å². The van der Waals surface area contributed by atoms with Gasteiger partial charge in [-0.3, -0.25) is 0 Å². The van der Waals surface area contributed by atoms with Crippen LogP contribution in [0.2, 0.25) is 0 Å². The molecule has 0 unspecified atom stereocenters. The molecule has 0 fully saturated rings. The molecule has 5 N–H and O–H groups in total. The van der Waals surface area contributed by atoms with E-state index in [0.29, 0.717) is 13.1 Å². The molecule has 3 heteroatoms. The first kappa shape index (κ1) is 10.9. The minimum atomic E-state index is 0.128. The summed E-state index contributed by atoms with van der Waals surface area (Å²) in [5.74, 6) is 0. The standard InChI is InChI=1S/C8H21N3/c1-3-4-8(5-9,6-10)7-11-2/h11H,3-7,9-10H2,1-2H3. The van der Waals surface area contributed by atoms with Gasteiger partial charge in [0.2, 0.25) is 0 Å². The van der Waals surface area contributed by atoms with Crippen LogP contribution in [0.5, 0.6) is 0 Å². The maximum absolute atomic E-state index is 5.67. The molecule has 68 valence electrons. The number of nitrogens with one attached hydrogen (secondary N) is 1. The van der Waals surface area contributed by atoms with Crippen molar-refractivity contribution in [3.8, 4) is 0 Å². The summed E-state index contributed by atoms with van der Waals surface area (Å²) in [6, 6.07) is 0. The molecule has 3 nitrogen and oxygen atoms in total. The van der Waals surface area contributed by atoms with Gasteiger partial charge >= 0.3 is 0 Å². The van der Waals surface area contributed by atoms with Crippen LogP contribution in [0.1, 0.15) is 19.8 Å². The van der Waals surface area contributed by atoms with Gasteiger partial charge in [0.15, 0.2) is 0 Å². The molecule has 0 bridgehead atoms. The SMILES string of the molecule is CCCC(CN)(CN)CNC. The Morgan fingerprint density at radius 1 is 1.27 bits per heavy atom. The van der Waals surface area contributed by atoms with Crippen molar-refractivity contribution in [1.82, 2.24) is 5.32 Å². The Hall–Kier alpha value is -0.120. The summed E-state index contributed by atoms with van der Waals surface area (Å²) in [5, 5.41) is 3.14. The molecular weight excluding hydrogens is 138 g/mol. The summed E-state index contributed by atoms with van der Waals surface area (Å²) in [6.45, 7) is 4.44. The lowest BCUT2D eigenvalue weighted by atomic mass is 9.83. The van der Waals surface area contributed by atoms with E-state index in [2.05, 4.69) is 12.2 Å². The molecule has 0 amide bonds. The third-order valence-corrected chi connectivity index (χ3v) is 2.20. The molecule has 11 heavy (non-hydrogen) atoms. The van der Waals surface area contributed by atoms with Gasteiger partial charge in [0, 0.05) is 25.0 Å². The van der Waals surface area contributed by atoms with Gasteiger partial charge in [-0.25, -0.2) is 0 Å². The number of hydrogen-bond acceptors (Lipinski definition) is 3. The van der Waals surface area contributed by atoms with E-state index < -0.39 is 0 Å². The van der Waals surface area contributed by atoms with Crippen LogP contribution in [-0.4, -0.2) is 26.7 Å². The highest BCUT2D eigenvalue weighted by atomic mass is 14.9. The van der Waals surface area contributed by atoms with Gasteiger partial charge < -0.3 is 16.8 Å². The molecule has 0 aliphatic carbocycles. The number of nitrogens with two attached hydrogens (primary N) is 2. The maximum Gasteiger partial charge on any atom is 0.00725 e. The monoisotopic (exact) mass is 159 g/mol. The van der Waals surface area contributed by atoms with Crippen LogP contribution in [0.4, 0.5) is 0 Å².